The zero-order chi connectivity index (χ0) is 20.2. The van der Waals surface area contributed by atoms with Crippen molar-refractivity contribution in [3.05, 3.63) is 53.2 Å². The SMILES string of the molecule is NC[C@H]1CCN(c2ccc(NC(=O)N3CCC(c4ccc(Cl)cc4)CC3)cn2)C1. The zero-order valence-electron chi connectivity index (χ0n) is 16.6. The fourth-order valence-corrected chi connectivity index (χ4v) is 4.36. The van der Waals surface area contributed by atoms with Crippen molar-refractivity contribution < 1.29 is 4.79 Å². The number of amides is 2. The van der Waals surface area contributed by atoms with Gasteiger partial charge in [-0.05, 0) is 67.5 Å². The molecule has 0 saturated carbocycles. The van der Waals surface area contributed by atoms with E-state index in [0.29, 0.717) is 11.8 Å². The summed E-state index contributed by atoms with van der Waals surface area (Å²) in [5.41, 5.74) is 7.80. The molecule has 2 saturated heterocycles. The van der Waals surface area contributed by atoms with Crippen LogP contribution in [0.3, 0.4) is 0 Å². The van der Waals surface area contributed by atoms with E-state index in [1.807, 2.05) is 29.2 Å². The fraction of sp³-hybridized carbons (Fsp3) is 0.455. The Morgan fingerprint density at radius 1 is 1.10 bits per heavy atom. The molecule has 29 heavy (non-hydrogen) atoms. The Morgan fingerprint density at radius 3 is 2.48 bits per heavy atom. The number of nitrogens with zero attached hydrogens (tertiary/aromatic N) is 3. The molecule has 0 unspecified atom stereocenters. The molecule has 2 fully saturated rings. The van der Waals surface area contributed by atoms with Crippen LogP contribution in [0.1, 0.15) is 30.7 Å². The molecule has 2 aliphatic rings. The summed E-state index contributed by atoms with van der Waals surface area (Å²) in [7, 11) is 0. The van der Waals surface area contributed by atoms with Gasteiger partial charge in [-0.15, -0.1) is 0 Å². The van der Waals surface area contributed by atoms with Gasteiger partial charge in [-0.2, -0.15) is 0 Å². The first-order valence-corrected chi connectivity index (χ1v) is 10.7. The summed E-state index contributed by atoms with van der Waals surface area (Å²) in [5, 5.41) is 3.74. The number of hydrogen-bond donors (Lipinski definition) is 2. The highest BCUT2D eigenvalue weighted by molar-refractivity contribution is 6.30. The Balaban J connectivity index is 1.28. The molecule has 1 aromatic heterocycles. The zero-order valence-corrected chi connectivity index (χ0v) is 17.3. The Kier molecular flexibility index (Phi) is 6.21. The van der Waals surface area contributed by atoms with Crippen LogP contribution in [0, 0.1) is 5.92 Å². The Hall–Kier alpha value is -2.31. The first kappa shape index (κ1) is 20.0. The van der Waals surface area contributed by atoms with Crippen molar-refractivity contribution in [2.75, 3.05) is 42.9 Å². The molecule has 4 rings (SSSR count). The quantitative estimate of drug-likeness (QED) is 0.796. The summed E-state index contributed by atoms with van der Waals surface area (Å²) in [5.74, 6) is 1.98. The number of rotatable bonds is 4. The molecule has 6 nitrogen and oxygen atoms in total. The third-order valence-electron chi connectivity index (χ3n) is 6.07. The Morgan fingerprint density at radius 2 is 1.86 bits per heavy atom. The molecule has 0 spiro atoms. The number of hydrogen-bond acceptors (Lipinski definition) is 4. The predicted octanol–water partition coefficient (Wildman–Crippen LogP) is 3.93. The molecule has 0 radical (unpaired) electrons. The lowest BCUT2D eigenvalue weighted by Gasteiger charge is -2.32. The molecular weight excluding hydrogens is 386 g/mol. The summed E-state index contributed by atoms with van der Waals surface area (Å²) in [6.45, 7) is 4.16. The minimum absolute atomic E-state index is 0.0570. The van der Waals surface area contributed by atoms with Crippen molar-refractivity contribution in [2.45, 2.75) is 25.2 Å². The fourth-order valence-electron chi connectivity index (χ4n) is 4.23. The van der Waals surface area contributed by atoms with Crippen molar-refractivity contribution in [1.29, 1.82) is 0 Å². The van der Waals surface area contributed by atoms with Crippen LogP contribution in [0.4, 0.5) is 16.3 Å². The first-order valence-electron chi connectivity index (χ1n) is 10.3. The van der Waals surface area contributed by atoms with Gasteiger partial charge in [0, 0.05) is 31.2 Å². The van der Waals surface area contributed by atoms with Crippen LogP contribution in [0.25, 0.3) is 0 Å². The summed E-state index contributed by atoms with van der Waals surface area (Å²) in [4.78, 5) is 21.3. The number of aromatic nitrogens is 1. The van der Waals surface area contributed by atoms with Crippen LogP contribution in [-0.4, -0.2) is 48.6 Å². The summed E-state index contributed by atoms with van der Waals surface area (Å²) in [6.07, 6.45) is 4.78. The van der Waals surface area contributed by atoms with Gasteiger partial charge < -0.3 is 20.9 Å². The van der Waals surface area contributed by atoms with Crippen LogP contribution >= 0.6 is 11.6 Å². The highest BCUT2D eigenvalue weighted by Gasteiger charge is 2.25. The van der Waals surface area contributed by atoms with Gasteiger partial charge in [0.25, 0.3) is 0 Å². The average Bonchev–Trinajstić information content (AvgIpc) is 3.24. The normalized spacial score (nSPS) is 20.1. The number of nitrogens with two attached hydrogens (primary N) is 1. The van der Waals surface area contributed by atoms with Gasteiger partial charge in [-0.3, -0.25) is 0 Å². The van der Waals surface area contributed by atoms with Crippen molar-refractivity contribution in [3.8, 4) is 0 Å². The monoisotopic (exact) mass is 413 g/mol. The largest absolute Gasteiger partial charge is 0.356 e. The average molecular weight is 414 g/mol. The van der Waals surface area contributed by atoms with E-state index in [9.17, 15) is 4.79 Å². The minimum atomic E-state index is -0.0570. The van der Waals surface area contributed by atoms with E-state index in [1.54, 1.807) is 6.20 Å². The topological polar surface area (TPSA) is 74.5 Å². The van der Waals surface area contributed by atoms with Gasteiger partial charge in [0.1, 0.15) is 5.82 Å². The van der Waals surface area contributed by atoms with E-state index in [4.69, 9.17) is 17.3 Å². The van der Waals surface area contributed by atoms with Crippen molar-refractivity contribution in [2.24, 2.45) is 11.7 Å². The molecule has 3 N–H and O–H groups in total. The molecule has 3 heterocycles. The van der Waals surface area contributed by atoms with Crippen molar-refractivity contribution in [1.82, 2.24) is 9.88 Å². The molecule has 7 heteroatoms. The van der Waals surface area contributed by atoms with E-state index >= 15 is 0 Å². The molecule has 1 aromatic carbocycles. The number of nitrogens with one attached hydrogen (secondary N) is 1. The number of pyridine rings is 1. The second-order valence-electron chi connectivity index (χ2n) is 7.98. The molecule has 0 bridgehead atoms. The van der Waals surface area contributed by atoms with Crippen LogP contribution < -0.4 is 16.0 Å². The van der Waals surface area contributed by atoms with Crippen molar-refractivity contribution >= 4 is 29.1 Å². The number of halogens is 1. The lowest BCUT2D eigenvalue weighted by molar-refractivity contribution is 0.194. The lowest BCUT2D eigenvalue weighted by Crippen LogP contribution is -2.40. The lowest BCUT2D eigenvalue weighted by atomic mass is 9.89. The highest BCUT2D eigenvalue weighted by Crippen LogP contribution is 2.29. The second-order valence-corrected chi connectivity index (χ2v) is 8.42. The number of carbonyl (C=O) groups excluding carboxylic acids is 1. The summed E-state index contributed by atoms with van der Waals surface area (Å²) < 4.78 is 0. The summed E-state index contributed by atoms with van der Waals surface area (Å²) >= 11 is 5.98. The predicted molar refractivity (Wildman–Crippen MR) is 118 cm³/mol. The van der Waals surface area contributed by atoms with Gasteiger partial charge in [0.2, 0.25) is 0 Å². The van der Waals surface area contributed by atoms with Crippen LogP contribution in [0.5, 0.6) is 0 Å². The maximum atomic E-state index is 12.6. The number of likely N-dealkylation sites (tertiary alicyclic amines) is 1. The Bertz CT molecular complexity index is 818. The number of benzene rings is 1. The molecule has 154 valence electrons. The molecule has 0 aliphatic carbocycles. The minimum Gasteiger partial charge on any atom is -0.356 e. The van der Waals surface area contributed by atoms with E-state index in [1.165, 1.54) is 5.56 Å². The summed E-state index contributed by atoms with van der Waals surface area (Å²) in [6, 6.07) is 11.9. The number of urea groups is 1. The smallest absolute Gasteiger partial charge is 0.321 e. The number of anilines is 2. The van der Waals surface area contributed by atoms with E-state index in [0.717, 1.165) is 68.5 Å². The second kappa shape index (κ2) is 9.01. The van der Waals surface area contributed by atoms with E-state index in [2.05, 4.69) is 27.3 Å². The molecule has 2 amide bonds. The van der Waals surface area contributed by atoms with E-state index in [-0.39, 0.29) is 6.03 Å². The molecule has 1 atom stereocenters. The number of carbonyl (C=O) groups is 1. The third kappa shape index (κ3) is 4.82. The maximum absolute atomic E-state index is 12.6. The van der Waals surface area contributed by atoms with Crippen LogP contribution in [-0.2, 0) is 0 Å². The molecular formula is C22H28ClN5O. The van der Waals surface area contributed by atoms with Gasteiger partial charge >= 0.3 is 6.03 Å². The molecule has 2 aromatic rings. The number of piperidine rings is 1. The van der Waals surface area contributed by atoms with Gasteiger partial charge in [-0.25, -0.2) is 9.78 Å². The van der Waals surface area contributed by atoms with Crippen LogP contribution in [0.15, 0.2) is 42.6 Å². The van der Waals surface area contributed by atoms with Gasteiger partial charge in [0.15, 0.2) is 0 Å². The first-order chi connectivity index (χ1) is 14.1. The Labute approximate surface area is 177 Å². The maximum Gasteiger partial charge on any atom is 0.321 e. The van der Waals surface area contributed by atoms with Gasteiger partial charge in [-0.1, -0.05) is 23.7 Å². The van der Waals surface area contributed by atoms with Gasteiger partial charge in [0.05, 0.1) is 11.9 Å². The molecule has 2 aliphatic heterocycles. The third-order valence-corrected chi connectivity index (χ3v) is 6.32. The van der Waals surface area contributed by atoms with Crippen molar-refractivity contribution in [3.63, 3.8) is 0 Å². The highest BCUT2D eigenvalue weighted by atomic mass is 35.5. The van der Waals surface area contributed by atoms with E-state index < -0.39 is 0 Å². The standard InChI is InChI=1S/C22H28ClN5O/c23-19-3-1-17(2-4-19)18-8-11-27(12-9-18)22(29)26-20-5-6-21(25-14-20)28-10-7-16(13-24)15-28/h1-6,14,16,18H,7-13,15,24H2,(H,26,29)/t16-/m1/s1. The van der Waals surface area contributed by atoms with Crippen LogP contribution in [0.2, 0.25) is 5.02 Å².